The van der Waals surface area contributed by atoms with Gasteiger partial charge in [0, 0.05) is 24.6 Å². The number of rotatable bonds is 7. The Labute approximate surface area is 201 Å². The number of anilines is 1. The quantitative estimate of drug-likeness (QED) is 0.384. The van der Waals surface area contributed by atoms with E-state index in [2.05, 4.69) is 15.7 Å². The maximum Gasteiger partial charge on any atom is 0.251 e. The number of ether oxygens (including phenoxy) is 2. The first-order chi connectivity index (χ1) is 16.5. The highest BCUT2D eigenvalue weighted by Crippen LogP contribution is 2.32. The summed E-state index contributed by atoms with van der Waals surface area (Å²) < 4.78 is 12.3. The van der Waals surface area contributed by atoms with Crippen LogP contribution in [0.4, 0.5) is 5.82 Å². The Morgan fingerprint density at radius 3 is 2.76 bits per heavy atom. The monoisotopic (exact) mass is 478 g/mol. The predicted octanol–water partition coefficient (Wildman–Crippen LogP) is 4.16. The van der Waals surface area contributed by atoms with Crippen molar-refractivity contribution in [3.05, 3.63) is 65.1 Å². The third-order valence-corrected chi connectivity index (χ3v) is 5.70. The number of aromatic nitrogens is 4. The van der Waals surface area contributed by atoms with E-state index in [0.29, 0.717) is 52.5 Å². The van der Waals surface area contributed by atoms with Crippen LogP contribution >= 0.6 is 11.6 Å². The number of nitrogens with zero attached hydrogens (tertiary/aromatic N) is 4. The predicted molar refractivity (Wildman–Crippen MR) is 129 cm³/mol. The maximum atomic E-state index is 12.5. The summed E-state index contributed by atoms with van der Waals surface area (Å²) in [6.45, 7) is 5.11. The Bertz CT molecular complexity index is 1370. The summed E-state index contributed by atoms with van der Waals surface area (Å²) in [5.41, 5.74) is 1.92. The smallest absolute Gasteiger partial charge is 0.251 e. The first kappa shape index (κ1) is 22.0. The number of nitrogens with one attached hydrogen (secondary N) is 2. The summed E-state index contributed by atoms with van der Waals surface area (Å²) in [6, 6.07) is 12.6. The van der Waals surface area contributed by atoms with Crippen molar-refractivity contribution in [3.8, 4) is 17.2 Å². The molecule has 0 fully saturated rings. The molecule has 2 aromatic carbocycles. The number of amides is 1. The number of para-hydroxylation sites is 1. The number of carbonyl (C=O) groups is 1. The molecule has 0 saturated carbocycles. The lowest BCUT2D eigenvalue weighted by Gasteiger charge is -2.12. The van der Waals surface area contributed by atoms with Crippen molar-refractivity contribution in [2.75, 3.05) is 25.2 Å². The van der Waals surface area contributed by atoms with E-state index >= 15 is 0 Å². The lowest BCUT2D eigenvalue weighted by Crippen LogP contribution is -2.29. The second kappa shape index (κ2) is 9.18. The Kier molecular flexibility index (Phi) is 5.93. The molecule has 0 atom stereocenters. The van der Waals surface area contributed by atoms with E-state index in [1.807, 2.05) is 38.1 Å². The number of fused-ring (bicyclic) bond motifs is 2. The van der Waals surface area contributed by atoms with Crippen LogP contribution in [0.15, 0.2) is 48.7 Å². The fourth-order valence-electron chi connectivity index (χ4n) is 3.61. The summed E-state index contributed by atoms with van der Waals surface area (Å²) in [5.74, 6) is 2.49. The lowest BCUT2D eigenvalue weighted by molar-refractivity contribution is 0.0954. The molecular formula is C24H23ClN6O3. The Morgan fingerprint density at radius 2 is 1.94 bits per heavy atom. The van der Waals surface area contributed by atoms with Crippen LogP contribution in [0.2, 0.25) is 5.02 Å². The fraction of sp³-hybridized carbons (Fsp3) is 0.250. The van der Waals surface area contributed by atoms with Crippen molar-refractivity contribution in [2.45, 2.75) is 19.8 Å². The van der Waals surface area contributed by atoms with Gasteiger partial charge < -0.3 is 20.1 Å². The second-order valence-corrected chi connectivity index (χ2v) is 8.49. The van der Waals surface area contributed by atoms with E-state index in [1.165, 1.54) is 0 Å². The number of hydrogen-bond donors (Lipinski definition) is 2. The van der Waals surface area contributed by atoms with Crippen LogP contribution in [0.25, 0.3) is 16.7 Å². The van der Waals surface area contributed by atoms with Gasteiger partial charge in [-0.25, -0.2) is 14.6 Å². The third kappa shape index (κ3) is 4.22. The number of carbonyl (C=O) groups excluding carboxylic acids is 1. The molecule has 34 heavy (non-hydrogen) atoms. The van der Waals surface area contributed by atoms with Gasteiger partial charge in [-0.1, -0.05) is 37.6 Å². The molecule has 3 heterocycles. The van der Waals surface area contributed by atoms with E-state index in [-0.39, 0.29) is 18.6 Å². The van der Waals surface area contributed by atoms with Gasteiger partial charge >= 0.3 is 0 Å². The molecule has 5 rings (SSSR count). The largest absolute Gasteiger partial charge is 0.454 e. The van der Waals surface area contributed by atoms with Crippen LogP contribution in [0, 0.1) is 0 Å². The van der Waals surface area contributed by atoms with Gasteiger partial charge in [0.2, 0.25) is 6.79 Å². The minimum atomic E-state index is -0.192. The lowest BCUT2D eigenvalue weighted by atomic mass is 10.2. The molecule has 9 nitrogen and oxygen atoms in total. The first-order valence-electron chi connectivity index (χ1n) is 10.9. The fourth-order valence-corrected chi connectivity index (χ4v) is 3.83. The van der Waals surface area contributed by atoms with Crippen molar-refractivity contribution < 1.29 is 14.3 Å². The van der Waals surface area contributed by atoms with Gasteiger partial charge in [-0.15, -0.1) is 0 Å². The summed E-state index contributed by atoms with van der Waals surface area (Å²) in [7, 11) is 0. The second-order valence-electron chi connectivity index (χ2n) is 8.08. The minimum Gasteiger partial charge on any atom is -0.454 e. The van der Waals surface area contributed by atoms with E-state index in [9.17, 15) is 4.79 Å². The molecule has 0 radical (unpaired) electrons. The maximum absolute atomic E-state index is 12.5. The van der Waals surface area contributed by atoms with Crippen molar-refractivity contribution in [1.29, 1.82) is 0 Å². The van der Waals surface area contributed by atoms with Crippen molar-refractivity contribution in [2.24, 2.45) is 0 Å². The van der Waals surface area contributed by atoms with Gasteiger partial charge in [-0.3, -0.25) is 4.79 Å². The van der Waals surface area contributed by atoms with Gasteiger partial charge in [0.15, 0.2) is 17.1 Å². The Balaban J connectivity index is 1.32. The van der Waals surface area contributed by atoms with Crippen molar-refractivity contribution in [3.63, 3.8) is 0 Å². The van der Waals surface area contributed by atoms with E-state index in [1.54, 1.807) is 29.1 Å². The molecule has 2 N–H and O–H groups in total. The molecule has 1 aliphatic rings. The van der Waals surface area contributed by atoms with Gasteiger partial charge in [-0.2, -0.15) is 5.10 Å². The van der Waals surface area contributed by atoms with Crippen LogP contribution < -0.4 is 20.1 Å². The van der Waals surface area contributed by atoms with Crippen LogP contribution in [0.1, 0.15) is 35.9 Å². The molecular weight excluding hydrogens is 456 g/mol. The molecule has 1 amide bonds. The Morgan fingerprint density at radius 1 is 1.12 bits per heavy atom. The summed E-state index contributed by atoms with van der Waals surface area (Å²) in [4.78, 5) is 21.9. The SMILES string of the molecule is CC(C)c1nc(NCCNC(=O)c2ccc3c(c2)OCO3)c2cnn(-c3ccccc3Cl)c2n1. The van der Waals surface area contributed by atoms with E-state index in [4.69, 9.17) is 31.0 Å². The van der Waals surface area contributed by atoms with Crippen LogP contribution in [0.3, 0.4) is 0 Å². The van der Waals surface area contributed by atoms with Gasteiger partial charge in [0.1, 0.15) is 11.6 Å². The molecule has 174 valence electrons. The van der Waals surface area contributed by atoms with Gasteiger partial charge in [0.05, 0.1) is 22.3 Å². The zero-order valence-corrected chi connectivity index (χ0v) is 19.5. The van der Waals surface area contributed by atoms with Crippen molar-refractivity contribution >= 4 is 34.4 Å². The molecule has 0 unspecified atom stereocenters. The number of benzene rings is 2. The first-order valence-corrected chi connectivity index (χ1v) is 11.3. The Hall–Kier alpha value is -3.85. The summed E-state index contributed by atoms with van der Waals surface area (Å²) >= 11 is 6.40. The van der Waals surface area contributed by atoms with Gasteiger partial charge in [-0.05, 0) is 30.3 Å². The highest BCUT2D eigenvalue weighted by molar-refractivity contribution is 6.32. The zero-order chi connectivity index (χ0) is 23.7. The van der Waals surface area contributed by atoms with E-state index < -0.39 is 0 Å². The van der Waals surface area contributed by atoms with Gasteiger partial charge in [0.25, 0.3) is 5.91 Å². The van der Waals surface area contributed by atoms with Crippen LogP contribution in [0.5, 0.6) is 11.5 Å². The summed E-state index contributed by atoms with van der Waals surface area (Å²) in [6.07, 6.45) is 1.72. The minimum absolute atomic E-state index is 0.116. The molecule has 0 bridgehead atoms. The zero-order valence-electron chi connectivity index (χ0n) is 18.7. The van der Waals surface area contributed by atoms with Crippen LogP contribution in [-0.2, 0) is 0 Å². The normalized spacial score (nSPS) is 12.4. The third-order valence-electron chi connectivity index (χ3n) is 5.38. The topological polar surface area (TPSA) is 103 Å². The molecule has 0 spiro atoms. The molecule has 4 aromatic rings. The highest BCUT2D eigenvalue weighted by Gasteiger charge is 2.18. The molecule has 1 aliphatic heterocycles. The number of halogens is 1. The molecule has 2 aromatic heterocycles. The highest BCUT2D eigenvalue weighted by atomic mass is 35.5. The average Bonchev–Trinajstić information content (AvgIpc) is 3.48. The van der Waals surface area contributed by atoms with E-state index in [0.717, 1.165) is 11.1 Å². The average molecular weight is 479 g/mol. The molecule has 0 aliphatic carbocycles. The van der Waals surface area contributed by atoms with Crippen LogP contribution in [-0.4, -0.2) is 45.5 Å². The summed E-state index contributed by atoms with van der Waals surface area (Å²) in [5, 5.41) is 12.1. The van der Waals surface area contributed by atoms with Crippen molar-refractivity contribution in [1.82, 2.24) is 25.1 Å². The number of hydrogen-bond acceptors (Lipinski definition) is 7. The molecule has 10 heteroatoms. The molecule has 0 saturated heterocycles. The standard InChI is InChI=1S/C24H23ClN6O3/c1-14(2)21-29-22(16-12-28-31(23(16)30-21)18-6-4-3-5-17(18)25)26-9-10-27-24(32)15-7-8-19-20(11-15)34-13-33-19/h3-8,11-12,14H,9-10,13H2,1-2H3,(H,27,32)(H,26,29,30).